The minimum Gasteiger partial charge on any atom is -0.465 e. The molecular weight excluding hydrogens is 290 g/mol. The largest absolute Gasteiger partial charge is 0.465 e. The lowest BCUT2D eigenvalue weighted by molar-refractivity contribution is 0.0596. The Hall–Kier alpha value is -0.620. The second-order valence-electron chi connectivity index (χ2n) is 2.51. The predicted octanol–water partition coefficient (Wildman–Crippen LogP) is 3.55. The van der Waals surface area contributed by atoms with Gasteiger partial charge in [0.15, 0.2) is 0 Å². The van der Waals surface area contributed by atoms with Crippen molar-refractivity contribution in [3.05, 3.63) is 28.2 Å². The number of carbonyl (C=O) groups excluding carboxylic acids is 1. The summed E-state index contributed by atoms with van der Waals surface area (Å²) in [6.07, 6.45) is 0. The summed E-state index contributed by atoms with van der Waals surface area (Å²) in [5.41, 5.74) is 0.136. The highest BCUT2D eigenvalue weighted by molar-refractivity contribution is 9.10. The van der Waals surface area contributed by atoms with Crippen LogP contribution in [0.25, 0.3) is 0 Å². The normalized spacial score (nSPS) is 10.5. The molecule has 15 heavy (non-hydrogen) atoms. The summed E-state index contributed by atoms with van der Waals surface area (Å²) in [6.45, 7) is 0. The number of hydrogen-bond acceptors (Lipinski definition) is 3. The van der Waals surface area contributed by atoms with E-state index in [9.17, 15) is 13.6 Å². The van der Waals surface area contributed by atoms with Crippen molar-refractivity contribution in [2.24, 2.45) is 0 Å². The number of methoxy groups -OCH3 is 1. The lowest BCUT2D eigenvalue weighted by Crippen LogP contribution is -2.03. The van der Waals surface area contributed by atoms with Crippen molar-refractivity contribution in [1.29, 1.82) is 0 Å². The molecule has 0 atom stereocenters. The molecule has 0 saturated heterocycles. The summed E-state index contributed by atoms with van der Waals surface area (Å²) in [5.74, 6) is -3.19. The van der Waals surface area contributed by atoms with Gasteiger partial charge in [-0.2, -0.15) is 8.78 Å². The first-order valence-electron chi connectivity index (χ1n) is 3.87. The Labute approximate surface area is 98.1 Å². The maximum Gasteiger partial charge on any atom is 0.339 e. The molecule has 1 aromatic carbocycles. The van der Waals surface area contributed by atoms with Crippen molar-refractivity contribution < 1.29 is 18.3 Å². The minimum absolute atomic E-state index is 0.136. The average molecular weight is 297 g/mol. The Morgan fingerprint density at radius 3 is 2.73 bits per heavy atom. The van der Waals surface area contributed by atoms with Crippen molar-refractivity contribution >= 4 is 33.7 Å². The molecule has 6 heteroatoms. The van der Waals surface area contributed by atoms with Gasteiger partial charge in [-0.25, -0.2) is 4.79 Å². The Kier molecular flexibility index (Phi) is 4.53. The molecule has 0 saturated carbocycles. The van der Waals surface area contributed by atoms with Gasteiger partial charge in [0.25, 0.3) is 5.76 Å². The zero-order valence-corrected chi connectivity index (χ0v) is 10.1. The number of benzene rings is 1. The minimum atomic E-state index is -2.56. The zero-order chi connectivity index (χ0) is 11.4. The number of rotatable bonds is 3. The number of hydrogen-bond donors (Lipinski definition) is 0. The van der Waals surface area contributed by atoms with Gasteiger partial charge in [0.05, 0.1) is 12.7 Å². The second-order valence-corrected chi connectivity index (χ2v) is 4.46. The van der Waals surface area contributed by atoms with Crippen LogP contribution in [0.15, 0.2) is 27.6 Å². The van der Waals surface area contributed by atoms with E-state index in [4.69, 9.17) is 0 Å². The first-order valence-corrected chi connectivity index (χ1v) is 5.54. The van der Waals surface area contributed by atoms with E-state index in [-0.39, 0.29) is 10.5 Å². The Morgan fingerprint density at radius 1 is 1.53 bits per heavy atom. The zero-order valence-electron chi connectivity index (χ0n) is 7.67. The van der Waals surface area contributed by atoms with Crippen LogP contribution < -0.4 is 0 Å². The van der Waals surface area contributed by atoms with Crippen molar-refractivity contribution in [1.82, 2.24) is 0 Å². The predicted molar refractivity (Wildman–Crippen MR) is 57.3 cm³/mol. The monoisotopic (exact) mass is 296 g/mol. The molecule has 0 amide bonds. The average Bonchev–Trinajstić information content (AvgIpc) is 2.19. The van der Waals surface area contributed by atoms with Gasteiger partial charge in [-0.05, 0) is 18.2 Å². The summed E-state index contributed by atoms with van der Waals surface area (Å²) in [4.78, 5) is 11.5. The first kappa shape index (κ1) is 12.4. The summed E-state index contributed by atoms with van der Waals surface area (Å²) < 4.78 is 29.5. The Morgan fingerprint density at radius 2 is 2.20 bits per heavy atom. The molecule has 0 fully saturated rings. The fourth-order valence-corrected chi connectivity index (χ4v) is 1.94. The van der Waals surface area contributed by atoms with Gasteiger partial charge in [0.1, 0.15) is 0 Å². The fraction of sp³-hybridized carbons (Fsp3) is 0.222. The summed E-state index contributed by atoms with van der Waals surface area (Å²) in [5, 5.41) is 0. The summed E-state index contributed by atoms with van der Waals surface area (Å²) in [7, 11) is 1.21. The van der Waals surface area contributed by atoms with Gasteiger partial charge in [0.2, 0.25) is 0 Å². The molecule has 0 radical (unpaired) electrons. The molecule has 0 aromatic heterocycles. The number of esters is 1. The third-order valence-electron chi connectivity index (χ3n) is 1.56. The van der Waals surface area contributed by atoms with E-state index >= 15 is 0 Å². The molecule has 2 nitrogen and oxygen atoms in total. The maximum absolute atomic E-state index is 12.2. The van der Waals surface area contributed by atoms with Crippen molar-refractivity contribution in [3.63, 3.8) is 0 Å². The highest BCUT2D eigenvalue weighted by Crippen LogP contribution is 2.30. The van der Waals surface area contributed by atoms with Gasteiger partial charge in [-0.3, -0.25) is 0 Å². The van der Waals surface area contributed by atoms with E-state index in [1.165, 1.54) is 19.2 Å². The van der Waals surface area contributed by atoms with E-state index in [0.717, 1.165) is 0 Å². The SMILES string of the molecule is COC(=O)c1cc(Br)ccc1SC(F)F. The van der Waals surface area contributed by atoms with E-state index < -0.39 is 11.7 Å². The lowest BCUT2D eigenvalue weighted by Gasteiger charge is -2.07. The highest BCUT2D eigenvalue weighted by atomic mass is 79.9. The van der Waals surface area contributed by atoms with Crippen molar-refractivity contribution in [2.75, 3.05) is 7.11 Å². The van der Waals surface area contributed by atoms with Gasteiger partial charge < -0.3 is 4.74 Å². The molecule has 1 rings (SSSR count). The molecule has 0 N–H and O–H groups in total. The highest BCUT2D eigenvalue weighted by Gasteiger charge is 2.16. The topological polar surface area (TPSA) is 26.3 Å². The fourth-order valence-electron chi connectivity index (χ4n) is 0.970. The second kappa shape index (κ2) is 5.46. The lowest BCUT2D eigenvalue weighted by atomic mass is 10.2. The third-order valence-corrected chi connectivity index (χ3v) is 2.84. The van der Waals surface area contributed by atoms with Crippen LogP contribution in [-0.2, 0) is 4.74 Å². The molecular formula is C9H7BrF2O2S. The standard InChI is InChI=1S/C9H7BrF2O2S/c1-14-8(13)6-4-5(10)2-3-7(6)15-9(11)12/h2-4,9H,1H3. The van der Waals surface area contributed by atoms with Gasteiger partial charge in [-0.15, -0.1) is 0 Å². The first-order chi connectivity index (χ1) is 7.04. The van der Waals surface area contributed by atoms with E-state index in [0.29, 0.717) is 16.2 Å². The van der Waals surface area contributed by atoms with Gasteiger partial charge in [-0.1, -0.05) is 27.7 Å². The third kappa shape index (κ3) is 3.46. The van der Waals surface area contributed by atoms with Crippen LogP contribution in [0.3, 0.4) is 0 Å². The smallest absolute Gasteiger partial charge is 0.339 e. The quantitative estimate of drug-likeness (QED) is 0.630. The van der Waals surface area contributed by atoms with Crippen molar-refractivity contribution in [3.8, 4) is 0 Å². The molecule has 0 unspecified atom stereocenters. The molecule has 0 aliphatic rings. The van der Waals surface area contributed by atoms with Crippen LogP contribution in [0.2, 0.25) is 0 Å². The number of ether oxygens (including phenoxy) is 1. The molecule has 0 aliphatic heterocycles. The molecule has 82 valence electrons. The maximum atomic E-state index is 12.2. The van der Waals surface area contributed by atoms with Crippen LogP contribution in [0, 0.1) is 0 Å². The Balaban J connectivity index is 3.08. The van der Waals surface area contributed by atoms with Gasteiger partial charge in [0, 0.05) is 9.37 Å². The van der Waals surface area contributed by atoms with Crippen LogP contribution in [-0.4, -0.2) is 18.8 Å². The van der Waals surface area contributed by atoms with Crippen LogP contribution >= 0.6 is 27.7 Å². The molecule has 1 aromatic rings. The Bertz CT molecular complexity index is 371. The summed E-state index contributed by atoms with van der Waals surface area (Å²) in [6, 6.07) is 4.50. The number of halogens is 3. The number of alkyl halides is 2. The van der Waals surface area contributed by atoms with Crippen LogP contribution in [0.5, 0.6) is 0 Å². The van der Waals surface area contributed by atoms with E-state index in [2.05, 4.69) is 20.7 Å². The number of carbonyl (C=O) groups is 1. The molecule has 0 aliphatic carbocycles. The van der Waals surface area contributed by atoms with E-state index in [1.54, 1.807) is 6.07 Å². The molecule has 0 spiro atoms. The molecule has 0 bridgehead atoms. The summed E-state index contributed by atoms with van der Waals surface area (Å²) >= 11 is 3.48. The van der Waals surface area contributed by atoms with E-state index in [1.807, 2.05) is 0 Å². The van der Waals surface area contributed by atoms with Crippen LogP contribution in [0.1, 0.15) is 10.4 Å². The van der Waals surface area contributed by atoms with Crippen molar-refractivity contribution in [2.45, 2.75) is 10.7 Å². The molecule has 0 heterocycles. The van der Waals surface area contributed by atoms with Gasteiger partial charge >= 0.3 is 5.97 Å². The number of thioether (sulfide) groups is 1. The van der Waals surface area contributed by atoms with Crippen LogP contribution in [0.4, 0.5) is 8.78 Å².